The fraction of sp³-hybridized carbons (Fsp3) is 0.209. The topological polar surface area (TPSA) is 166 Å². The van der Waals surface area contributed by atoms with E-state index in [0.717, 1.165) is 61.2 Å². The van der Waals surface area contributed by atoms with Crippen molar-refractivity contribution in [2.45, 2.75) is 32.9 Å². The lowest BCUT2D eigenvalue weighted by Crippen LogP contribution is -2.28. The summed E-state index contributed by atoms with van der Waals surface area (Å²) in [7, 11) is 0. The molecule has 54 heavy (non-hydrogen) atoms. The van der Waals surface area contributed by atoms with Crippen molar-refractivity contribution >= 4 is 45.8 Å². The molecule has 2 aromatic heterocycles. The Hall–Kier alpha value is -5.82. The van der Waals surface area contributed by atoms with Crippen LogP contribution in [-0.2, 0) is 35.5 Å². The summed E-state index contributed by atoms with van der Waals surface area (Å²) in [4.78, 5) is 31.0. The number of nitrogens with one attached hydrogen (secondary N) is 5. The lowest BCUT2D eigenvalue weighted by atomic mass is 10.1. The Morgan fingerprint density at radius 2 is 1.31 bits per heavy atom. The molecular formula is C43H48N6O5. The van der Waals surface area contributed by atoms with Crippen LogP contribution >= 0.6 is 0 Å². The predicted molar refractivity (Wildman–Crippen MR) is 214 cm³/mol. The summed E-state index contributed by atoms with van der Waals surface area (Å²) in [5.41, 5.74) is 13.5. The first-order valence-electron chi connectivity index (χ1n) is 17.9. The quantitative estimate of drug-likeness (QED) is 0.0260. The highest BCUT2D eigenvalue weighted by Gasteiger charge is 2.10. The second kappa shape index (κ2) is 20.4. The molecule has 0 atom stereocenters. The zero-order chi connectivity index (χ0) is 38.1. The first-order valence-corrected chi connectivity index (χ1v) is 17.9. The van der Waals surface area contributed by atoms with Gasteiger partial charge in [-0.2, -0.15) is 0 Å². The van der Waals surface area contributed by atoms with Gasteiger partial charge in [-0.15, -0.1) is 0 Å². The van der Waals surface area contributed by atoms with Crippen LogP contribution in [0.3, 0.4) is 0 Å². The number of fused-ring (bicyclic) bond motifs is 2. The summed E-state index contributed by atoms with van der Waals surface area (Å²) < 4.78 is 0. The van der Waals surface area contributed by atoms with Crippen LogP contribution in [0.25, 0.3) is 34.0 Å². The molecule has 2 amide bonds. The number of hydroxylamine groups is 2. The van der Waals surface area contributed by atoms with E-state index >= 15 is 0 Å². The standard InChI is InChI=1S/C22H25N3O3.C21H23N3O2/c26-14-13-25(12-11-19-15-23-21-4-2-1-3-20(19)21)16-18-7-5-17(6-8-18)9-10-22(27)24-28;1-15-18(19-4-2-3-5-20(19)23-15)12-13-22-14-17-8-6-16(7-9-17)10-11-21(25)24-26/h1-10,15,23,26,28H,11-14,16H2,(H,24,27);2-11,22-23,26H,12-14H2,1H3,(H,24,25)/b10-9+;. The van der Waals surface area contributed by atoms with Crippen molar-refractivity contribution in [3.8, 4) is 0 Å². The van der Waals surface area contributed by atoms with E-state index < -0.39 is 11.8 Å². The molecule has 2 heterocycles. The number of rotatable bonds is 16. The van der Waals surface area contributed by atoms with Gasteiger partial charge in [0.25, 0.3) is 11.8 Å². The highest BCUT2D eigenvalue weighted by atomic mass is 16.5. The Labute approximate surface area is 315 Å². The Balaban J connectivity index is 0.000000208. The number of aromatic amines is 2. The van der Waals surface area contributed by atoms with E-state index in [0.29, 0.717) is 6.54 Å². The first kappa shape index (κ1) is 39.4. The minimum atomic E-state index is -0.560. The predicted octanol–water partition coefficient (Wildman–Crippen LogP) is 6.05. The number of aromatic nitrogens is 2. The van der Waals surface area contributed by atoms with Crippen molar-refractivity contribution in [3.05, 3.63) is 154 Å². The van der Waals surface area contributed by atoms with Crippen molar-refractivity contribution < 1.29 is 25.1 Å². The van der Waals surface area contributed by atoms with Gasteiger partial charge >= 0.3 is 0 Å². The third kappa shape index (κ3) is 11.6. The summed E-state index contributed by atoms with van der Waals surface area (Å²) >= 11 is 0. The molecule has 0 aliphatic heterocycles. The maximum Gasteiger partial charge on any atom is 0.267 e. The number of aliphatic hydroxyl groups is 1. The number of benzene rings is 4. The fourth-order valence-electron chi connectivity index (χ4n) is 6.29. The summed E-state index contributed by atoms with van der Waals surface area (Å²) in [6.45, 7) is 6.14. The molecule has 4 aromatic carbocycles. The number of para-hydroxylation sites is 2. The molecule has 0 fully saturated rings. The summed E-state index contributed by atoms with van der Waals surface area (Å²) in [5, 5.41) is 32.4. The van der Waals surface area contributed by atoms with Gasteiger partial charge in [-0.05, 0) is 84.0 Å². The third-order valence-corrected chi connectivity index (χ3v) is 9.14. The minimum absolute atomic E-state index is 0.116. The molecule has 11 nitrogen and oxygen atoms in total. The zero-order valence-corrected chi connectivity index (χ0v) is 30.4. The van der Waals surface area contributed by atoms with Crippen LogP contribution in [0.1, 0.15) is 39.1 Å². The smallest absolute Gasteiger partial charge is 0.267 e. The highest BCUT2D eigenvalue weighted by molar-refractivity contribution is 5.91. The van der Waals surface area contributed by atoms with E-state index in [-0.39, 0.29) is 6.61 Å². The molecule has 6 rings (SSSR count). The molecule has 0 aliphatic carbocycles. The molecule has 0 aliphatic rings. The number of aryl methyl sites for hydroxylation is 1. The summed E-state index contributed by atoms with van der Waals surface area (Å²) in [6.07, 6.45) is 9.80. The molecule has 0 bridgehead atoms. The number of amides is 2. The van der Waals surface area contributed by atoms with Crippen LogP contribution in [0, 0.1) is 6.92 Å². The molecule has 280 valence electrons. The average Bonchev–Trinajstić information content (AvgIpc) is 3.77. The van der Waals surface area contributed by atoms with Crippen molar-refractivity contribution in [2.75, 3.05) is 26.2 Å². The summed E-state index contributed by atoms with van der Waals surface area (Å²) in [5.74, 6) is -1.10. The maximum atomic E-state index is 11.0. The molecule has 0 saturated heterocycles. The van der Waals surface area contributed by atoms with E-state index in [1.54, 1.807) is 23.1 Å². The second-order valence-electron chi connectivity index (χ2n) is 12.9. The Bertz CT molecular complexity index is 2150. The molecule has 8 N–H and O–H groups in total. The second-order valence-corrected chi connectivity index (χ2v) is 12.9. The lowest BCUT2D eigenvalue weighted by molar-refractivity contribution is -0.124. The van der Waals surface area contributed by atoms with Gasteiger partial charge in [0.2, 0.25) is 0 Å². The third-order valence-electron chi connectivity index (χ3n) is 9.14. The van der Waals surface area contributed by atoms with Crippen molar-refractivity contribution in [2.24, 2.45) is 0 Å². The molecule has 6 aromatic rings. The number of carbonyl (C=O) groups is 2. The fourth-order valence-corrected chi connectivity index (χ4v) is 6.29. The monoisotopic (exact) mass is 728 g/mol. The van der Waals surface area contributed by atoms with E-state index in [4.69, 9.17) is 10.4 Å². The largest absolute Gasteiger partial charge is 0.395 e. The highest BCUT2D eigenvalue weighted by Crippen LogP contribution is 2.22. The van der Waals surface area contributed by atoms with Crippen molar-refractivity contribution in [1.29, 1.82) is 0 Å². The van der Waals surface area contributed by atoms with Gasteiger partial charge in [0.05, 0.1) is 6.61 Å². The Morgan fingerprint density at radius 3 is 1.94 bits per heavy atom. The van der Waals surface area contributed by atoms with Crippen molar-refractivity contribution in [3.63, 3.8) is 0 Å². The maximum absolute atomic E-state index is 11.0. The molecule has 11 heteroatoms. The zero-order valence-electron chi connectivity index (χ0n) is 30.4. The number of nitrogens with zero attached hydrogens (tertiary/aromatic N) is 1. The number of H-pyrrole nitrogens is 2. The Kier molecular flexibility index (Phi) is 14.9. The molecule has 0 unspecified atom stereocenters. The van der Waals surface area contributed by atoms with Gasteiger partial charge in [0.15, 0.2) is 0 Å². The number of aliphatic hydroxyl groups excluding tert-OH is 1. The van der Waals surface area contributed by atoms with E-state index in [9.17, 15) is 14.7 Å². The number of hydrogen-bond acceptors (Lipinski definition) is 7. The van der Waals surface area contributed by atoms with Crippen molar-refractivity contribution in [1.82, 2.24) is 31.1 Å². The van der Waals surface area contributed by atoms with Gasteiger partial charge < -0.3 is 20.4 Å². The van der Waals surface area contributed by atoms with Gasteiger partial charge in [-0.3, -0.25) is 24.9 Å². The lowest BCUT2D eigenvalue weighted by Gasteiger charge is -2.21. The van der Waals surface area contributed by atoms with Crippen LogP contribution in [0.5, 0.6) is 0 Å². The summed E-state index contributed by atoms with van der Waals surface area (Å²) in [6, 6.07) is 32.5. The van der Waals surface area contributed by atoms with E-state index in [1.165, 1.54) is 50.8 Å². The Morgan fingerprint density at radius 1 is 0.722 bits per heavy atom. The SMILES string of the molecule is Cc1[nH]c2ccccc2c1CCNCc1ccc(C=CC(=O)NO)cc1.O=C(/C=C/c1ccc(CN(CCO)CCc2c[nH]c3ccccc23)cc1)NO. The average molecular weight is 729 g/mol. The van der Waals surface area contributed by atoms with E-state index in [1.807, 2.05) is 60.7 Å². The molecule has 0 saturated carbocycles. The molecule has 0 radical (unpaired) electrons. The van der Waals surface area contributed by atoms with Crippen LogP contribution in [-0.4, -0.2) is 68.4 Å². The van der Waals surface area contributed by atoms with Gasteiger partial charge in [-0.1, -0.05) is 84.9 Å². The normalized spacial score (nSPS) is 11.4. The molecule has 0 spiro atoms. The van der Waals surface area contributed by atoms with Gasteiger partial charge in [0, 0.05) is 72.0 Å². The first-order chi connectivity index (χ1) is 26.4. The van der Waals surface area contributed by atoms with Crippen LogP contribution in [0.2, 0.25) is 0 Å². The molecular weight excluding hydrogens is 681 g/mol. The van der Waals surface area contributed by atoms with Crippen LogP contribution in [0.4, 0.5) is 0 Å². The minimum Gasteiger partial charge on any atom is -0.395 e. The van der Waals surface area contributed by atoms with Crippen LogP contribution < -0.4 is 16.3 Å². The van der Waals surface area contributed by atoms with Gasteiger partial charge in [-0.25, -0.2) is 11.0 Å². The number of hydrogen-bond donors (Lipinski definition) is 8. The van der Waals surface area contributed by atoms with E-state index in [2.05, 4.69) is 69.7 Å². The number of carbonyl (C=O) groups excluding carboxylic acids is 2. The van der Waals surface area contributed by atoms with Crippen LogP contribution in [0.15, 0.2) is 115 Å². The van der Waals surface area contributed by atoms with Gasteiger partial charge in [0.1, 0.15) is 0 Å².